The van der Waals surface area contributed by atoms with Crippen LogP contribution < -0.4 is 0 Å². The van der Waals surface area contributed by atoms with Crippen molar-refractivity contribution in [2.75, 3.05) is 0 Å². The van der Waals surface area contributed by atoms with Crippen LogP contribution >= 0.6 is 11.3 Å². The number of thiophene rings is 1. The quantitative estimate of drug-likeness (QED) is 0.621. The number of benzene rings is 1. The van der Waals surface area contributed by atoms with Crippen LogP contribution in [0.3, 0.4) is 0 Å². The molecule has 0 nitrogen and oxygen atoms in total. The lowest BCUT2D eigenvalue weighted by Gasteiger charge is -2.36. The molecule has 2 aliphatic rings. The second-order valence-corrected chi connectivity index (χ2v) is 6.99. The number of hydrogen-bond donors (Lipinski definition) is 0. The summed E-state index contributed by atoms with van der Waals surface area (Å²) in [6.07, 6.45) is 7.93. The van der Waals surface area contributed by atoms with E-state index in [9.17, 15) is 0 Å². The summed E-state index contributed by atoms with van der Waals surface area (Å²) >= 11 is 1.86. The molecular formula is C19H20S. The van der Waals surface area contributed by atoms with Gasteiger partial charge in [-0.25, -0.2) is 0 Å². The average molecular weight is 280 g/mol. The predicted molar refractivity (Wildman–Crippen MR) is 87.3 cm³/mol. The SMILES string of the molecule is Cc1ccc([C@@H]2c3cscc3C=C3CCCC[C@@H]32)cc1. The zero-order chi connectivity index (χ0) is 13.5. The van der Waals surface area contributed by atoms with Gasteiger partial charge < -0.3 is 0 Å². The van der Waals surface area contributed by atoms with Crippen molar-refractivity contribution < 1.29 is 0 Å². The maximum absolute atomic E-state index is 2.49. The Kier molecular flexibility index (Phi) is 3.03. The minimum Gasteiger partial charge on any atom is -0.151 e. The summed E-state index contributed by atoms with van der Waals surface area (Å²) in [5.74, 6) is 1.34. The van der Waals surface area contributed by atoms with Gasteiger partial charge in [0, 0.05) is 5.92 Å². The molecular weight excluding hydrogens is 260 g/mol. The van der Waals surface area contributed by atoms with Gasteiger partial charge in [-0.3, -0.25) is 0 Å². The molecule has 1 heteroatoms. The van der Waals surface area contributed by atoms with Gasteiger partial charge in [-0.1, -0.05) is 47.9 Å². The summed E-state index contributed by atoms with van der Waals surface area (Å²) in [5.41, 5.74) is 7.61. The van der Waals surface area contributed by atoms with E-state index in [1.807, 2.05) is 11.3 Å². The maximum Gasteiger partial charge on any atom is 0.0169 e. The predicted octanol–water partition coefficient (Wildman–Crippen LogP) is 5.78. The highest BCUT2D eigenvalue weighted by Gasteiger charge is 2.34. The fourth-order valence-corrected chi connectivity index (χ4v) is 4.76. The zero-order valence-corrected chi connectivity index (χ0v) is 12.7. The molecule has 1 saturated carbocycles. The van der Waals surface area contributed by atoms with E-state index in [-0.39, 0.29) is 0 Å². The van der Waals surface area contributed by atoms with Gasteiger partial charge in [0.1, 0.15) is 0 Å². The van der Waals surface area contributed by atoms with Gasteiger partial charge in [0.25, 0.3) is 0 Å². The van der Waals surface area contributed by atoms with Gasteiger partial charge in [-0.15, -0.1) is 0 Å². The molecule has 0 saturated heterocycles. The lowest BCUT2D eigenvalue weighted by atomic mass is 9.67. The minimum atomic E-state index is 0.595. The van der Waals surface area contributed by atoms with E-state index in [2.05, 4.69) is 48.0 Å². The molecule has 102 valence electrons. The molecule has 0 unspecified atom stereocenters. The summed E-state index contributed by atoms with van der Waals surface area (Å²) in [6, 6.07) is 9.22. The zero-order valence-electron chi connectivity index (χ0n) is 11.9. The molecule has 2 aliphatic carbocycles. The molecule has 2 atom stereocenters. The van der Waals surface area contributed by atoms with Crippen LogP contribution in [0.5, 0.6) is 0 Å². The van der Waals surface area contributed by atoms with Gasteiger partial charge in [-0.05, 0) is 59.6 Å². The third kappa shape index (κ3) is 1.96. The largest absolute Gasteiger partial charge is 0.151 e. The highest BCUT2D eigenvalue weighted by molar-refractivity contribution is 7.08. The number of allylic oxidation sites excluding steroid dienone is 1. The van der Waals surface area contributed by atoms with Crippen LogP contribution in [-0.2, 0) is 0 Å². The summed E-state index contributed by atoms with van der Waals surface area (Å²) in [5, 5.41) is 4.70. The summed E-state index contributed by atoms with van der Waals surface area (Å²) in [7, 11) is 0. The summed E-state index contributed by atoms with van der Waals surface area (Å²) < 4.78 is 0. The van der Waals surface area contributed by atoms with Crippen LogP contribution in [0.2, 0.25) is 0 Å². The Morgan fingerprint density at radius 3 is 2.75 bits per heavy atom. The van der Waals surface area contributed by atoms with Crippen molar-refractivity contribution >= 4 is 17.4 Å². The molecule has 1 heterocycles. The standard InChI is InChI=1S/C19H20S/c1-13-6-8-14(9-7-13)19-17-5-3-2-4-15(17)10-16-11-20-12-18(16)19/h6-12,17,19H,2-5H2,1H3/t17-,19-/m0/s1. The van der Waals surface area contributed by atoms with Crippen molar-refractivity contribution in [3.63, 3.8) is 0 Å². The van der Waals surface area contributed by atoms with E-state index in [0.717, 1.165) is 5.92 Å². The van der Waals surface area contributed by atoms with Crippen LogP contribution in [0, 0.1) is 12.8 Å². The number of rotatable bonds is 1. The molecule has 0 bridgehead atoms. The third-order valence-electron chi connectivity index (χ3n) is 4.94. The van der Waals surface area contributed by atoms with E-state index in [4.69, 9.17) is 0 Å². The first-order valence-electron chi connectivity index (χ1n) is 7.66. The molecule has 4 rings (SSSR count). The lowest BCUT2D eigenvalue weighted by molar-refractivity contribution is 0.414. The minimum absolute atomic E-state index is 0.595. The Morgan fingerprint density at radius 1 is 1.05 bits per heavy atom. The maximum atomic E-state index is 2.49. The van der Waals surface area contributed by atoms with E-state index in [1.54, 1.807) is 11.1 Å². The van der Waals surface area contributed by atoms with E-state index in [0.29, 0.717) is 5.92 Å². The molecule has 0 aliphatic heterocycles. The molecule has 0 amide bonds. The van der Waals surface area contributed by atoms with Gasteiger partial charge in [0.2, 0.25) is 0 Å². The first-order valence-corrected chi connectivity index (χ1v) is 8.60. The van der Waals surface area contributed by atoms with E-state index < -0.39 is 0 Å². The number of hydrogen-bond acceptors (Lipinski definition) is 1. The first kappa shape index (κ1) is 12.4. The van der Waals surface area contributed by atoms with Crippen LogP contribution in [0.4, 0.5) is 0 Å². The fraction of sp³-hybridized carbons (Fsp3) is 0.368. The molecule has 2 aromatic rings. The Labute approximate surface area is 125 Å². The molecule has 1 aromatic carbocycles. The van der Waals surface area contributed by atoms with Gasteiger partial charge in [0.15, 0.2) is 0 Å². The number of aryl methyl sites for hydroxylation is 1. The van der Waals surface area contributed by atoms with Gasteiger partial charge in [-0.2, -0.15) is 11.3 Å². The topological polar surface area (TPSA) is 0 Å². The molecule has 0 spiro atoms. The fourth-order valence-electron chi connectivity index (χ4n) is 3.91. The highest BCUT2D eigenvalue weighted by Crippen LogP contribution is 2.49. The van der Waals surface area contributed by atoms with Crippen LogP contribution in [0.1, 0.15) is 53.9 Å². The van der Waals surface area contributed by atoms with E-state index >= 15 is 0 Å². The third-order valence-corrected chi connectivity index (χ3v) is 5.73. The Balaban J connectivity index is 1.84. The van der Waals surface area contributed by atoms with Crippen LogP contribution in [0.15, 0.2) is 40.6 Å². The first-order chi connectivity index (χ1) is 9.83. The monoisotopic (exact) mass is 280 g/mol. The molecule has 0 N–H and O–H groups in total. The molecule has 0 radical (unpaired) electrons. The smallest absolute Gasteiger partial charge is 0.0169 e. The van der Waals surface area contributed by atoms with Gasteiger partial charge in [0.05, 0.1) is 0 Å². The van der Waals surface area contributed by atoms with Gasteiger partial charge >= 0.3 is 0 Å². The van der Waals surface area contributed by atoms with E-state index in [1.165, 1.54) is 42.4 Å². The average Bonchev–Trinajstić information content (AvgIpc) is 2.93. The Morgan fingerprint density at radius 2 is 1.90 bits per heavy atom. The second kappa shape index (κ2) is 4.89. The molecule has 20 heavy (non-hydrogen) atoms. The van der Waals surface area contributed by atoms with Crippen LogP contribution in [-0.4, -0.2) is 0 Å². The normalized spacial score (nSPS) is 24.8. The van der Waals surface area contributed by atoms with Crippen molar-refractivity contribution in [1.82, 2.24) is 0 Å². The highest BCUT2D eigenvalue weighted by atomic mass is 32.1. The summed E-state index contributed by atoms with van der Waals surface area (Å²) in [6.45, 7) is 2.17. The Bertz CT molecular complexity index is 645. The summed E-state index contributed by atoms with van der Waals surface area (Å²) in [4.78, 5) is 0. The van der Waals surface area contributed by atoms with Crippen molar-refractivity contribution in [2.45, 2.75) is 38.5 Å². The lowest BCUT2D eigenvalue weighted by Crippen LogP contribution is -2.23. The van der Waals surface area contributed by atoms with Crippen molar-refractivity contribution in [3.05, 3.63) is 62.9 Å². The van der Waals surface area contributed by atoms with Crippen molar-refractivity contribution in [2.24, 2.45) is 5.92 Å². The van der Waals surface area contributed by atoms with Crippen LogP contribution in [0.25, 0.3) is 6.08 Å². The number of fused-ring (bicyclic) bond motifs is 2. The second-order valence-electron chi connectivity index (χ2n) is 6.24. The van der Waals surface area contributed by atoms with Crippen molar-refractivity contribution in [1.29, 1.82) is 0 Å². The van der Waals surface area contributed by atoms with Crippen molar-refractivity contribution in [3.8, 4) is 0 Å². The Hall–Kier alpha value is -1.34. The molecule has 1 aromatic heterocycles. The molecule has 1 fully saturated rings.